The van der Waals surface area contributed by atoms with E-state index in [1.807, 2.05) is 24.4 Å². The minimum Gasteiger partial charge on any atom is -0.339 e. The smallest absolute Gasteiger partial charge is 0.274 e. The molecule has 0 radical (unpaired) electrons. The summed E-state index contributed by atoms with van der Waals surface area (Å²) < 4.78 is 1.62. The van der Waals surface area contributed by atoms with Gasteiger partial charge in [-0.2, -0.15) is 10.1 Å². The number of halogens is 1. The maximum absolute atomic E-state index is 13.1. The molecule has 0 saturated carbocycles. The molecule has 3 aliphatic rings. The third-order valence-corrected chi connectivity index (χ3v) is 7.71. The van der Waals surface area contributed by atoms with Gasteiger partial charge < -0.3 is 20.9 Å². The van der Waals surface area contributed by atoms with Crippen molar-refractivity contribution < 1.29 is 9.59 Å². The van der Waals surface area contributed by atoms with Crippen molar-refractivity contribution in [2.24, 2.45) is 23.9 Å². The minimum absolute atomic E-state index is 0.0610. The van der Waals surface area contributed by atoms with Gasteiger partial charge in [0.25, 0.3) is 5.91 Å². The summed E-state index contributed by atoms with van der Waals surface area (Å²) in [7, 11) is 1.79. The van der Waals surface area contributed by atoms with Crippen LogP contribution in [0.2, 0.25) is 5.02 Å². The molecule has 2 aromatic heterocycles. The molecule has 206 valence electrons. The predicted molar refractivity (Wildman–Crippen MR) is 154 cm³/mol. The number of allylic oxidation sites excluding steroid dienone is 1. The van der Waals surface area contributed by atoms with Crippen molar-refractivity contribution in [3.8, 4) is 0 Å². The highest BCUT2D eigenvalue weighted by molar-refractivity contribution is 6.32. The highest BCUT2D eigenvalue weighted by atomic mass is 35.5. The van der Waals surface area contributed by atoms with Crippen LogP contribution >= 0.6 is 11.6 Å². The first-order valence-corrected chi connectivity index (χ1v) is 13.8. The first-order valence-electron chi connectivity index (χ1n) is 13.4. The van der Waals surface area contributed by atoms with Gasteiger partial charge in [-0.1, -0.05) is 11.6 Å². The molecule has 3 aromatic rings. The van der Waals surface area contributed by atoms with E-state index >= 15 is 0 Å². The van der Waals surface area contributed by atoms with E-state index in [0.717, 1.165) is 48.3 Å². The molecule has 6 bridgehead atoms. The molecule has 2 amide bonds. The highest BCUT2D eigenvalue weighted by Gasteiger charge is 2.29. The average molecular weight is 560 g/mol. The van der Waals surface area contributed by atoms with E-state index in [0.29, 0.717) is 42.0 Å². The number of nitrogens with one attached hydrogen (secondary N) is 3. The largest absolute Gasteiger partial charge is 0.339 e. The molecule has 6 rings (SSSR count). The van der Waals surface area contributed by atoms with Crippen molar-refractivity contribution in [1.29, 1.82) is 0 Å². The summed E-state index contributed by atoms with van der Waals surface area (Å²) in [6.45, 7) is 1.17. The quantitative estimate of drug-likeness (QED) is 0.432. The summed E-state index contributed by atoms with van der Waals surface area (Å²) >= 11 is 6.38. The summed E-state index contributed by atoms with van der Waals surface area (Å²) in [6.07, 6.45) is 10.6. The fraction of sp³-hybridized carbons (Fsp3) is 0.357. The van der Waals surface area contributed by atoms with Crippen molar-refractivity contribution in [2.45, 2.75) is 32.1 Å². The normalized spacial score (nSPS) is 19.9. The Labute approximate surface area is 236 Å². The Morgan fingerprint density at radius 3 is 2.95 bits per heavy atom. The second-order valence-corrected chi connectivity index (χ2v) is 10.9. The van der Waals surface area contributed by atoms with E-state index in [-0.39, 0.29) is 23.7 Å². The van der Waals surface area contributed by atoms with E-state index in [1.165, 1.54) is 0 Å². The summed E-state index contributed by atoms with van der Waals surface area (Å²) in [5.41, 5.74) is 3.98. The Morgan fingerprint density at radius 2 is 2.10 bits per heavy atom. The summed E-state index contributed by atoms with van der Waals surface area (Å²) in [6, 6.07) is 7.56. The van der Waals surface area contributed by atoms with Crippen LogP contribution in [0.25, 0.3) is 0 Å². The average Bonchev–Trinajstić information content (AvgIpc) is 3.59. The highest BCUT2D eigenvalue weighted by Crippen LogP contribution is 2.31. The molecule has 12 heteroatoms. The van der Waals surface area contributed by atoms with Crippen LogP contribution in [0.1, 0.15) is 41.7 Å². The zero-order valence-corrected chi connectivity index (χ0v) is 22.9. The maximum atomic E-state index is 13.1. The van der Waals surface area contributed by atoms with Crippen LogP contribution in [0.15, 0.2) is 53.5 Å². The molecular weight excluding hydrogens is 530 g/mol. The van der Waals surface area contributed by atoms with E-state index in [1.54, 1.807) is 41.3 Å². The number of nitrogens with zero attached hydrogens (tertiary/aromatic N) is 6. The molecule has 1 unspecified atom stereocenters. The van der Waals surface area contributed by atoms with Gasteiger partial charge >= 0.3 is 0 Å². The lowest BCUT2D eigenvalue weighted by Crippen LogP contribution is -2.29. The summed E-state index contributed by atoms with van der Waals surface area (Å²) in [5.74, 6) is 1.13. The monoisotopic (exact) mass is 559 g/mol. The van der Waals surface area contributed by atoms with Crippen molar-refractivity contribution in [3.05, 3.63) is 64.8 Å². The van der Waals surface area contributed by atoms with Gasteiger partial charge in [0.05, 0.1) is 6.20 Å². The third-order valence-electron chi connectivity index (χ3n) is 7.43. The number of likely N-dealkylation sites (tertiary alicyclic amines) is 1. The van der Waals surface area contributed by atoms with Gasteiger partial charge in [0.2, 0.25) is 11.9 Å². The number of hydrogen-bond acceptors (Lipinski definition) is 8. The zero-order valence-electron chi connectivity index (χ0n) is 22.1. The molecule has 5 heterocycles. The van der Waals surface area contributed by atoms with Crippen LogP contribution < -0.4 is 16.0 Å². The zero-order chi connectivity index (χ0) is 27.6. The van der Waals surface area contributed by atoms with Crippen molar-refractivity contribution in [3.63, 3.8) is 0 Å². The lowest BCUT2D eigenvalue weighted by atomic mass is 9.94. The Kier molecular flexibility index (Phi) is 7.21. The van der Waals surface area contributed by atoms with Crippen LogP contribution in [-0.2, 0) is 18.3 Å². The molecule has 40 heavy (non-hydrogen) atoms. The van der Waals surface area contributed by atoms with Gasteiger partial charge in [0, 0.05) is 68.2 Å². The molecule has 1 fully saturated rings. The number of hydrogen-bond donors (Lipinski definition) is 3. The standard InChI is InChI=1S/C28H30ClN9O2/c1-37-8-7-24(36-37)27(40)38-9-6-18(16-38)11-25(39)34-23-5-4-20-12-19(23)3-2-17-10-21(14-30-13-17)33-28-31-15-22(29)26(32-20)35-28/h4-5,7-8,12-15,17-18H,2-3,6,9-11,16H2,1H3,(H,34,39)(H2,31,32,33,35)/t17?,18-/m0/s1. The SMILES string of the molecule is Cn1ccc(C(=O)N2CC[C@@H](CC(=O)Nc3ccc4cc3CCC3C=NC=C(C3)Nc3ncc(Cl)c(n3)N4)C2)n1. The number of aliphatic imine (C=N–C) groups is 1. The van der Waals surface area contributed by atoms with Gasteiger partial charge in [-0.25, -0.2) is 4.98 Å². The molecule has 1 saturated heterocycles. The Balaban J connectivity index is 1.16. The van der Waals surface area contributed by atoms with E-state index < -0.39 is 0 Å². The van der Waals surface area contributed by atoms with Crippen LogP contribution in [0, 0.1) is 11.8 Å². The predicted octanol–water partition coefficient (Wildman–Crippen LogP) is 4.39. The van der Waals surface area contributed by atoms with Crippen molar-refractivity contribution in [1.82, 2.24) is 24.6 Å². The van der Waals surface area contributed by atoms with Crippen molar-refractivity contribution in [2.75, 3.05) is 29.0 Å². The number of aryl methyl sites for hydroxylation is 2. The molecule has 11 nitrogen and oxygen atoms in total. The molecule has 0 spiro atoms. The number of fused-ring (bicyclic) bond motifs is 6. The second kappa shape index (κ2) is 11.1. The number of benzene rings is 1. The Hall–Kier alpha value is -4.25. The molecule has 1 aromatic carbocycles. The first kappa shape index (κ1) is 26.0. The van der Waals surface area contributed by atoms with Crippen LogP contribution in [0.3, 0.4) is 0 Å². The molecule has 3 N–H and O–H groups in total. The number of carbonyl (C=O) groups excluding carboxylic acids is 2. The number of rotatable bonds is 4. The maximum Gasteiger partial charge on any atom is 0.274 e. The van der Waals surface area contributed by atoms with Gasteiger partial charge in [-0.05, 0) is 61.4 Å². The summed E-state index contributed by atoms with van der Waals surface area (Å²) in [5, 5.41) is 14.3. The fourth-order valence-electron chi connectivity index (χ4n) is 5.38. The van der Waals surface area contributed by atoms with Gasteiger partial charge in [-0.3, -0.25) is 19.3 Å². The number of anilines is 4. The fourth-order valence-corrected chi connectivity index (χ4v) is 5.52. The van der Waals surface area contributed by atoms with E-state index in [2.05, 4.69) is 36.0 Å². The topological polar surface area (TPSA) is 129 Å². The van der Waals surface area contributed by atoms with Gasteiger partial charge in [-0.15, -0.1) is 0 Å². The second-order valence-electron chi connectivity index (χ2n) is 10.5. The number of amides is 2. The molecule has 2 atom stereocenters. The number of carbonyl (C=O) groups is 2. The number of aromatic nitrogens is 4. The molecule has 3 aliphatic heterocycles. The van der Waals surface area contributed by atoms with Crippen LogP contribution in [0.5, 0.6) is 0 Å². The molecule has 0 aliphatic carbocycles. The lowest BCUT2D eigenvalue weighted by Gasteiger charge is -2.19. The van der Waals surface area contributed by atoms with E-state index in [9.17, 15) is 9.59 Å². The van der Waals surface area contributed by atoms with Crippen molar-refractivity contribution >= 4 is 52.8 Å². The summed E-state index contributed by atoms with van der Waals surface area (Å²) in [4.78, 5) is 40.9. The molecular formula is C28H30ClN9O2. The minimum atomic E-state index is -0.0896. The van der Waals surface area contributed by atoms with E-state index in [4.69, 9.17) is 11.6 Å². The van der Waals surface area contributed by atoms with Crippen LogP contribution in [0.4, 0.5) is 23.1 Å². The Bertz CT molecular complexity index is 1520. The lowest BCUT2D eigenvalue weighted by molar-refractivity contribution is -0.117. The van der Waals surface area contributed by atoms with Gasteiger partial charge in [0.1, 0.15) is 10.7 Å². The third kappa shape index (κ3) is 5.84. The van der Waals surface area contributed by atoms with Gasteiger partial charge in [0.15, 0.2) is 5.82 Å². The van der Waals surface area contributed by atoms with Crippen LogP contribution in [-0.4, -0.2) is 55.8 Å². The Morgan fingerprint density at radius 1 is 1.20 bits per heavy atom. The first-order chi connectivity index (χ1) is 19.4.